The first kappa shape index (κ1) is 18.9. The number of benzene rings is 2. The van der Waals surface area contributed by atoms with Crippen molar-refractivity contribution in [3.8, 4) is 0 Å². The number of para-hydroxylation sites is 2. The zero-order valence-electron chi connectivity index (χ0n) is 14.3. The molecule has 0 aliphatic rings. The number of nitro benzene ring substituents is 1. The average Bonchev–Trinajstić information content (AvgIpc) is 2.62. The van der Waals surface area contributed by atoms with Crippen molar-refractivity contribution in [2.75, 3.05) is 23.7 Å². The number of anilines is 2. The van der Waals surface area contributed by atoms with Gasteiger partial charge >= 0.3 is 0 Å². The van der Waals surface area contributed by atoms with E-state index in [2.05, 4.69) is 16.0 Å². The van der Waals surface area contributed by atoms with Gasteiger partial charge in [-0.05, 0) is 31.2 Å². The Morgan fingerprint density at radius 3 is 2.62 bits per heavy atom. The second kappa shape index (κ2) is 9.16. The first-order valence-corrected chi connectivity index (χ1v) is 8.16. The third-order valence-electron chi connectivity index (χ3n) is 3.51. The summed E-state index contributed by atoms with van der Waals surface area (Å²) in [5, 5.41) is 19.2. The van der Waals surface area contributed by atoms with E-state index in [1.165, 1.54) is 6.07 Å². The quantitative estimate of drug-likeness (QED) is 0.497. The topological polar surface area (TPSA) is 113 Å². The summed E-state index contributed by atoms with van der Waals surface area (Å²) in [6.07, 6.45) is 0.122. The molecule has 2 aromatic rings. The molecule has 26 heavy (non-hydrogen) atoms. The summed E-state index contributed by atoms with van der Waals surface area (Å²) in [6.45, 7) is 2.59. The van der Waals surface area contributed by atoms with Gasteiger partial charge in [0.25, 0.3) is 11.6 Å². The van der Waals surface area contributed by atoms with Gasteiger partial charge < -0.3 is 16.0 Å². The van der Waals surface area contributed by atoms with E-state index in [1.807, 2.05) is 6.92 Å². The molecule has 3 N–H and O–H groups in total. The van der Waals surface area contributed by atoms with Gasteiger partial charge in [0.15, 0.2) is 0 Å². The molecule has 0 spiro atoms. The second-order valence-corrected chi connectivity index (χ2v) is 5.44. The Morgan fingerprint density at radius 2 is 1.88 bits per heavy atom. The number of nitrogens with zero attached hydrogens (tertiary/aromatic N) is 1. The zero-order valence-corrected chi connectivity index (χ0v) is 14.3. The Labute approximate surface area is 150 Å². The molecule has 136 valence electrons. The highest BCUT2D eigenvalue weighted by Crippen LogP contribution is 2.22. The SMILES string of the molecule is CCNC(=O)c1cccc(NC(=O)CCNc2ccccc2[N+](=O)[O-])c1. The molecule has 0 unspecified atom stereocenters. The van der Waals surface area contributed by atoms with Crippen LogP contribution in [0.2, 0.25) is 0 Å². The molecule has 0 aromatic heterocycles. The number of amides is 2. The lowest BCUT2D eigenvalue weighted by molar-refractivity contribution is -0.384. The maximum atomic E-state index is 12.0. The summed E-state index contributed by atoms with van der Waals surface area (Å²) in [6, 6.07) is 12.9. The molecule has 0 saturated heterocycles. The van der Waals surface area contributed by atoms with Crippen molar-refractivity contribution in [2.24, 2.45) is 0 Å². The number of hydrogen-bond donors (Lipinski definition) is 3. The number of carbonyl (C=O) groups excluding carboxylic acids is 2. The van der Waals surface area contributed by atoms with Crippen LogP contribution in [0.5, 0.6) is 0 Å². The fraction of sp³-hybridized carbons (Fsp3) is 0.222. The van der Waals surface area contributed by atoms with Gasteiger partial charge in [0, 0.05) is 36.8 Å². The fourth-order valence-electron chi connectivity index (χ4n) is 2.32. The fourth-order valence-corrected chi connectivity index (χ4v) is 2.32. The molecule has 2 amide bonds. The van der Waals surface area contributed by atoms with Gasteiger partial charge in [-0.1, -0.05) is 18.2 Å². The molecule has 0 fully saturated rings. The largest absolute Gasteiger partial charge is 0.379 e. The van der Waals surface area contributed by atoms with Crippen LogP contribution in [-0.4, -0.2) is 29.8 Å². The van der Waals surface area contributed by atoms with Gasteiger partial charge in [0.05, 0.1) is 4.92 Å². The minimum absolute atomic E-state index is 0.0393. The van der Waals surface area contributed by atoms with Crippen LogP contribution in [0.3, 0.4) is 0 Å². The molecule has 0 bridgehead atoms. The normalized spacial score (nSPS) is 10.0. The lowest BCUT2D eigenvalue weighted by Crippen LogP contribution is -2.23. The third-order valence-corrected chi connectivity index (χ3v) is 3.51. The van der Waals surface area contributed by atoms with Crippen molar-refractivity contribution < 1.29 is 14.5 Å². The van der Waals surface area contributed by atoms with E-state index in [0.717, 1.165) is 0 Å². The van der Waals surface area contributed by atoms with Crippen LogP contribution in [0.1, 0.15) is 23.7 Å². The monoisotopic (exact) mass is 356 g/mol. The molecule has 8 nitrogen and oxygen atoms in total. The zero-order chi connectivity index (χ0) is 18.9. The van der Waals surface area contributed by atoms with E-state index in [9.17, 15) is 19.7 Å². The first-order chi connectivity index (χ1) is 12.5. The number of nitro groups is 1. The molecule has 0 aliphatic carbocycles. The van der Waals surface area contributed by atoms with E-state index < -0.39 is 4.92 Å². The van der Waals surface area contributed by atoms with E-state index in [1.54, 1.807) is 42.5 Å². The van der Waals surface area contributed by atoms with E-state index in [0.29, 0.717) is 23.5 Å². The van der Waals surface area contributed by atoms with Gasteiger partial charge in [0.2, 0.25) is 5.91 Å². The predicted molar refractivity (Wildman–Crippen MR) is 99.3 cm³/mol. The van der Waals surface area contributed by atoms with Crippen molar-refractivity contribution >= 4 is 28.9 Å². The summed E-state index contributed by atoms with van der Waals surface area (Å²) in [4.78, 5) is 34.3. The van der Waals surface area contributed by atoms with Crippen LogP contribution in [0, 0.1) is 10.1 Å². The van der Waals surface area contributed by atoms with Crippen molar-refractivity contribution in [1.29, 1.82) is 0 Å². The third kappa shape index (κ3) is 5.30. The molecule has 0 saturated carbocycles. The Balaban J connectivity index is 1.89. The van der Waals surface area contributed by atoms with E-state index in [-0.39, 0.29) is 30.5 Å². The summed E-state index contributed by atoms with van der Waals surface area (Å²) >= 11 is 0. The summed E-state index contributed by atoms with van der Waals surface area (Å²) in [5.74, 6) is -0.467. The maximum absolute atomic E-state index is 12.0. The summed E-state index contributed by atoms with van der Waals surface area (Å²) in [7, 11) is 0. The van der Waals surface area contributed by atoms with Crippen LogP contribution in [0.15, 0.2) is 48.5 Å². The molecule has 0 atom stereocenters. The lowest BCUT2D eigenvalue weighted by Gasteiger charge is -2.09. The smallest absolute Gasteiger partial charge is 0.292 e. The van der Waals surface area contributed by atoms with Crippen molar-refractivity contribution in [3.05, 3.63) is 64.2 Å². The molecule has 2 aromatic carbocycles. The van der Waals surface area contributed by atoms with Gasteiger partial charge in [-0.3, -0.25) is 19.7 Å². The average molecular weight is 356 g/mol. The molecule has 0 heterocycles. The Bertz CT molecular complexity index is 807. The number of rotatable bonds is 8. The van der Waals surface area contributed by atoms with Crippen LogP contribution in [0.4, 0.5) is 17.1 Å². The number of carbonyl (C=O) groups is 2. The molecule has 2 rings (SSSR count). The second-order valence-electron chi connectivity index (χ2n) is 5.44. The Kier molecular flexibility index (Phi) is 6.67. The van der Waals surface area contributed by atoms with Crippen molar-refractivity contribution in [1.82, 2.24) is 5.32 Å². The molecule has 0 aliphatic heterocycles. The van der Waals surface area contributed by atoms with Crippen molar-refractivity contribution in [2.45, 2.75) is 13.3 Å². The number of hydrogen-bond acceptors (Lipinski definition) is 5. The summed E-state index contributed by atoms with van der Waals surface area (Å²) < 4.78 is 0. The lowest BCUT2D eigenvalue weighted by atomic mass is 10.2. The van der Waals surface area contributed by atoms with Gasteiger partial charge in [0.1, 0.15) is 5.69 Å². The van der Waals surface area contributed by atoms with Gasteiger partial charge in [-0.15, -0.1) is 0 Å². The molecule has 0 radical (unpaired) electrons. The highest BCUT2D eigenvalue weighted by Gasteiger charge is 2.12. The van der Waals surface area contributed by atoms with Crippen LogP contribution in [-0.2, 0) is 4.79 Å². The first-order valence-electron chi connectivity index (χ1n) is 8.16. The highest BCUT2D eigenvalue weighted by atomic mass is 16.6. The van der Waals surface area contributed by atoms with Crippen LogP contribution < -0.4 is 16.0 Å². The van der Waals surface area contributed by atoms with Gasteiger partial charge in [-0.25, -0.2) is 0 Å². The van der Waals surface area contributed by atoms with E-state index >= 15 is 0 Å². The predicted octanol–water partition coefficient (Wildman–Crippen LogP) is 2.79. The molecular weight excluding hydrogens is 336 g/mol. The minimum atomic E-state index is -0.477. The Morgan fingerprint density at radius 1 is 1.12 bits per heavy atom. The van der Waals surface area contributed by atoms with Crippen LogP contribution >= 0.6 is 0 Å². The molecular formula is C18H20N4O4. The van der Waals surface area contributed by atoms with Gasteiger partial charge in [-0.2, -0.15) is 0 Å². The minimum Gasteiger partial charge on any atom is -0.379 e. The van der Waals surface area contributed by atoms with Crippen LogP contribution in [0.25, 0.3) is 0 Å². The summed E-state index contributed by atoms with van der Waals surface area (Å²) in [5.41, 5.74) is 1.30. The highest BCUT2D eigenvalue weighted by molar-refractivity contribution is 5.97. The Hall–Kier alpha value is -3.42. The number of nitrogens with one attached hydrogen (secondary N) is 3. The maximum Gasteiger partial charge on any atom is 0.292 e. The standard InChI is InChI=1S/C18H20N4O4/c1-2-19-18(24)13-6-5-7-14(12-13)21-17(23)10-11-20-15-8-3-4-9-16(15)22(25)26/h3-9,12,20H,2,10-11H2,1H3,(H,19,24)(H,21,23). The van der Waals surface area contributed by atoms with E-state index in [4.69, 9.17) is 0 Å². The van der Waals surface area contributed by atoms with Crippen molar-refractivity contribution in [3.63, 3.8) is 0 Å². The molecule has 8 heteroatoms.